The summed E-state index contributed by atoms with van der Waals surface area (Å²) in [6, 6.07) is 13.8. The number of fused-ring (bicyclic) bond motifs is 1. The molecule has 0 aliphatic carbocycles. The average molecular weight is 441 g/mol. The quantitative estimate of drug-likeness (QED) is 0.306. The Hall–Kier alpha value is -3.16. The first-order valence-electron chi connectivity index (χ1n) is 9.08. The van der Waals surface area contributed by atoms with E-state index in [0.717, 1.165) is 21.7 Å². The number of nitro groups is 1. The number of methoxy groups -OCH3 is 1. The summed E-state index contributed by atoms with van der Waals surface area (Å²) in [7, 11) is 1.33. The fourth-order valence-electron chi connectivity index (χ4n) is 3.73. The number of nitro benzene ring substituents is 1. The summed E-state index contributed by atoms with van der Waals surface area (Å²) in [5.74, 6) is -0.985. The first kappa shape index (κ1) is 20.1. The Morgan fingerprint density at radius 3 is 2.63 bits per heavy atom. The van der Waals surface area contributed by atoms with Crippen LogP contribution in [0.4, 0.5) is 10.7 Å². The van der Waals surface area contributed by atoms with Crippen LogP contribution in [0.25, 0.3) is 11.1 Å². The minimum absolute atomic E-state index is 0.0299. The Morgan fingerprint density at radius 2 is 1.97 bits per heavy atom. The van der Waals surface area contributed by atoms with Crippen molar-refractivity contribution in [1.82, 2.24) is 0 Å². The highest BCUT2D eigenvalue weighted by Gasteiger charge is 2.36. The zero-order chi connectivity index (χ0) is 21.4. The maximum atomic E-state index is 12.7. The van der Waals surface area contributed by atoms with Gasteiger partial charge in [0.05, 0.1) is 22.6 Å². The molecule has 1 N–H and O–H groups in total. The second-order valence-electron chi connectivity index (χ2n) is 6.84. The molecule has 1 unspecified atom stereocenters. The molecule has 0 bridgehead atoms. The number of allylic oxidation sites excluding steroid dienone is 1. The minimum atomic E-state index is -0.509. The topological polar surface area (TPSA) is 81.5 Å². The van der Waals surface area contributed by atoms with Crippen LogP contribution in [-0.4, -0.2) is 18.0 Å². The zero-order valence-electron chi connectivity index (χ0n) is 16.1. The lowest BCUT2D eigenvalue weighted by molar-refractivity contribution is -0.384. The van der Waals surface area contributed by atoms with Gasteiger partial charge < -0.3 is 10.1 Å². The summed E-state index contributed by atoms with van der Waals surface area (Å²) in [4.78, 5) is 23.7. The number of hydrogen-bond acceptors (Lipinski definition) is 6. The number of thiophene rings is 1. The molecule has 0 amide bonds. The molecule has 0 fully saturated rings. The molecule has 0 saturated carbocycles. The molecule has 1 aromatic heterocycles. The Balaban J connectivity index is 1.97. The van der Waals surface area contributed by atoms with Crippen LogP contribution in [0, 0.1) is 10.1 Å². The molecule has 2 aromatic carbocycles. The average Bonchev–Trinajstić information content (AvgIpc) is 3.16. The Labute approximate surface area is 181 Å². The molecule has 152 valence electrons. The second-order valence-corrected chi connectivity index (χ2v) is 8.16. The Morgan fingerprint density at radius 1 is 1.23 bits per heavy atom. The summed E-state index contributed by atoms with van der Waals surface area (Å²) in [6.45, 7) is 1.81. The highest BCUT2D eigenvalue weighted by molar-refractivity contribution is 7.15. The molecule has 0 radical (unpaired) electrons. The number of carbonyl (C=O) groups is 1. The van der Waals surface area contributed by atoms with Crippen molar-refractivity contribution in [2.45, 2.75) is 12.8 Å². The van der Waals surface area contributed by atoms with Crippen molar-refractivity contribution in [2.24, 2.45) is 0 Å². The second kappa shape index (κ2) is 7.93. The van der Waals surface area contributed by atoms with Crippen LogP contribution in [0.15, 0.2) is 65.2 Å². The number of non-ortho nitro benzene ring substituents is 1. The zero-order valence-corrected chi connectivity index (χ0v) is 17.7. The van der Waals surface area contributed by atoms with Gasteiger partial charge in [-0.1, -0.05) is 35.9 Å². The monoisotopic (exact) mass is 440 g/mol. The van der Waals surface area contributed by atoms with E-state index in [1.807, 2.05) is 29.6 Å². The van der Waals surface area contributed by atoms with Crippen LogP contribution in [0.1, 0.15) is 24.0 Å². The van der Waals surface area contributed by atoms with Gasteiger partial charge in [0.25, 0.3) is 5.69 Å². The highest BCUT2D eigenvalue weighted by Crippen LogP contribution is 2.50. The van der Waals surface area contributed by atoms with Gasteiger partial charge in [0.1, 0.15) is 0 Å². The van der Waals surface area contributed by atoms with Crippen molar-refractivity contribution in [1.29, 1.82) is 0 Å². The van der Waals surface area contributed by atoms with E-state index in [4.69, 9.17) is 16.3 Å². The predicted molar refractivity (Wildman–Crippen MR) is 118 cm³/mol. The SMILES string of the molecule is COC(=O)C1=C(C)Nc2scc(-c3ccc(Cl)cc3)c2C1c1cccc([N+](=O)[O-])c1. The molecule has 0 saturated heterocycles. The first-order valence-corrected chi connectivity index (χ1v) is 10.3. The van der Waals surface area contributed by atoms with Crippen molar-refractivity contribution in [3.8, 4) is 11.1 Å². The molecule has 8 heteroatoms. The number of hydrogen-bond donors (Lipinski definition) is 1. The summed E-state index contributed by atoms with van der Waals surface area (Å²) in [6.07, 6.45) is 0. The fraction of sp³-hybridized carbons (Fsp3) is 0.136. The van der Waals surface area contributed by atoms with Gasteiger partial charge in [0.2, 0.25) is 0 Å². The third kappa shape index (κ3) is 3.46. The molecule has 2 heterocycles. The van der Waals surface area contributed by atoms with Crippen LogP contribution in [0.2, 0.25) is 5.02 Å². The summed E-state index contributed by atoms with van der Waals surface area (Å²) in [5, 5.41) is 18.2. The van der Waals surface area contributed by atoms with Crippen LogP contribution in [0.3, 0.4) is 0 Å². The molecule has 3 aromatic rings. The maximum Gasteiger partial charge on any atom is 0.336 e. The van der Waals surface area contributed by atoms with Crippen LogP contribution >= 0.6 is 22.9 Å². The number of esters is 1. The van der Waals surface area contributed by atoms with E-state index < -0.39 is 16.8 Å². The number of nitrogens with zero attached hydrogens (tertiary/aromatic N) is 1. The fourth-order valence-corrected chi connectivity index (χ4v) is 4.93. The number of carbonyl (C=O) groups excluding carboxylic acids is 1. The van der Waals surface area contributed by atoms with Crippen molar-refractivity contribution in [2.75, 3.05) is 12.4 Å². The van der Waals surface area contributed by atoms with Crippen molar-refractivity contribution < 1.29 is 14.5 Å². The van der Waals surface area contributed by atoms with Gasteiger partial charge in [0, 0.05) is 39.7 Å². The van der Waals surface area contributed by atoms with Gasteiger partial charge in [-0.25, -0.2) is 4.79 Å². The summed E-state index contributed by atoms with van der Waals surface area (Å²) < 4.78 is 5.06. The van der Waals surface area contributed by atoms with E-state index >= 15 is 0 Å². The largest absolute Gasteiger partial charge is 0.466 e. The standard InChI is InChI=1S/C22H17ClN2O4S/c1-12-18(22(26)29-2)19(14-4-3-5-16(10-14)25(27)28)20-17(11-30-21(20)24-12)13-6-8-15(23)9-7-13/h3-11,19,24H,1-2H3. The molecule has 4 rings (SSSR count). The highest BCUT2D eigenvalue weighted by atomic mass is 35.5. The van der Waals surface area contributed by atoms with Gasteiger partial charge in [-0.15, -0.1) is 11.3 Å². The van der Waals surface area contributed by atoms with Crippen molar-refractivity contribution in [3.05, 3.63) is 91.4 Å². The smallest absolute Gasteiger partial charge is 0.336 e. The number of benzene rings is 2. The maximum absolute atomic E-state index is 12.7. The van der Waals surface area contributed by atoms with E-state index in [1.165, 1.54) is 30.6 Å². The molecule has 1 aliphatic rings. The van der Waals surface area contributed by atoms with Gasteiger partial charge >= 0.3 is 5.97 Å². The predicted octanol–water partition coefficient (Wildman–Crippen LogP) is 5.98. The molecule has 6 nitrogen and oxygen atoms in total. The summed E-state index contributed by atoms with van der Waals surface area (Å²) >= 11 is 7.57. The van der Waals surface area contributed by atoms with Gasteiger partial charge in [-0.3, -0.25) is 10.1 Å². The number of anilines is 1. The third-order valence-electron chi connectivity index (χ3n) is 5.09. The lowest BCUT2D eigenvalue weighted by Crippen LogP contribution is -2.23. The van der Waals surface area contributed by atoms with Crippen molar-refractivity contribution >= 4 is 39.6 Å². The number of nitrogens with one attached hydrogen (secondary N) is 1. The first-order chi connectivity index (χ1) is 14.4. The Bertz CT molecular complexity index is 1180. The summed E-state index contributed by atoms with van der Waals surface area (Å²) in [5.41, 5.74) is 4.48. The third-order valence-corrected chi connectivity index (χ3v) is 6.25. The van der Waals surface area contributed by atoms with E-state index in [-0.39, 0.29) is 5.69 Å². The molecular weight excluding hydrogens is 424 g/mol. The molecule has 30 heavy (non-hydrogen) atoms. The number of rotatable bonds is 4. The van der Waals surface area contributed by atoms with Crippen molar-refractivity contribution in [3.63, 3.8) is 0 Å². The van der Waals surface area contributed by atoms with E-state index in [0.29, 0.717) is 21.9 Å². The molecular formula is C22H17ClN2O4S. The lowest BCUT2D eigenvalue weighted by Gasteiger charge is -2.29. The van der Waals surface area contributed by atoms with Crippen LogP contribution in [0.5, 0.6) is 0 Å². The lowest BCUT2D eigenvalue weighted by atomic mass is 9.80. The van der Waals surface area contributed by atoms with E-state index in [2.05, 4.69) is 5.32 Å². The molecule has 1 aliphatic heterocycles. The van der Waals surface area contributed by atoms with E-state index in [1.54, 1.807) is 19.1 Å². The normalized spacial score (nSPS) is 15.4. The van der Waals surface area contributed by atoms with Gasteiger partial charge in [-0.05, 0) is 35.7 Å². The van der Waals surface area contributed by atoms with Crippen LogP contribution in [-0.2, 0) is 9.53 Å². The number of ether oxygens (including phenoxy) is 1. The minimum Gasteiger partial charge on any atom is -0.466 e. The van der Waals surface area contributed by atoms with Gasteiger partial charge in [0.15, 0.2) is 0 Å². The van der Waals surface area contributed by atoms with Crippen LogP contribution < -0.4 is 5.32 Å². The van der Waals surface area contributed by atoms with Gasteiger partial charge in [-0.2, -0.15) is 0 Å². The Kier molecular flexibility index (Phi) is 5.32. The molecule has 1 atom stereocenters. The molecule has 0 spiro atoms. The van der Waals surface area contributed by atoms with E-state index in [9.17, 15) is 14.9 Å². The number of halogens is 1.